The van der Waals surface area contributed by atoms with Crippen LogP contribution in [0.25, 0.3) is 0 Å². The molecule has 1 aliphatic rings. The van der Waals surface area contributed by atoms with Crippen LogP contribution in [0.2, 0.25) is 0 Å². The molecule has 2 unspecified atom stereocenters. The van der Waals surface area contributed by atoms with Gasteiger partial charge in [0.15, 0.2) is 0 Å². The van der Waals surface area contributed by atoms with Gasteiger partial charge < -0.3 is 10.0 Å². The molecule has 0 aliphatic carbocycles. The van der Waals surface area contributed by atoms with Crippen molar-refractivity contribution in [3.05, 3.63) is 20.8 Å². The van der Waals surface area contributed by atoms with E-state index in [4.69, 9.17) is 0 Å². The van der Waals surface area contributed by atoms with Gasteiger partial charge in [-0.25, -0.2) is 0 Å². The zero-order valence-corrected chi connectivity index (χ0v) is 12.7. The molecule has 1 aliphatic heterocycles. The Labute approximate surface area is 115 Å². The van der Waals surface area contributed by atoms with Crippen molar-refractivity contribution in [2.24, 2.45) is 0 Å². The quantitative estimate of drug-likeness (QED) is 0.920. The van der Waals surface area contributed by atoms with Crippen LogP contribution in [-0.4, -0.2) is 54.2 Å². The highest BCUT2D eigenvalue weighted by Gasteiger charge is 2.31. The minimum Gasteiger partial charge on any atom is -0.392 e. The molecule has 1 saturated heterocycles. The monoisotopic (exact) mass is 318 g/mol. The van der Waals surface area contributed by atoms with Gasteiger partial charge >= 0.3 is 0 Å². The van der Waals surface area contributed by atoms with Gasteiger partial charge in [-0.1, -0.05) is 0 Å². The maximum Gasteiger partial charge on any atom is 0.0701 e. The molecular weight excluding hydrogens is 300 g/mol. The second-order valence-corrected chi connectivity index (χ2v) is 7.28. The van der Waals surface area contributed by atoms with E-state index in [-0.39, 0.29) is 6.10 Å². The lowest BCUT2D eigenvalue weighted by molar-refractivity contribution is 0.169. The first-order valence-electron chi connectivity index (χ1n) is 5.84. The van der Waals surface area contributed by atoms with Crippen molar-refractivity contribution in [3.8, 4) is 0 Å². The number of aliphatic hydroxyl groups is 1. The van der Waals surface area contributed by atoms with Gasteiger partial charge in [0.25, 0.3) is 0 Å². The van der Waals surface area contributed by atoms with Gasteiger partial charge in [-0.3, -0.25) is 4.90 Å². The lowest BCUT2D eigenvalue weighted by atomic mass is 10.2. The molecular formula is C12H19BrN2OS. The molecule has 1 fully saturated rings. The van der Waals surface area contributed by atoms with Crippen molar-refractivity contribution < 1.29 is 5.11 Å². The molecule has 2 heterocycles. The molecule has 2 rings (SSSR count). The molecule has 0 aromatic carbocycles. The third kappa shape index (κ3) is 3.76. The van der Waals surface area contributed by atoms with E-state index in [1.165, 1.54) is 9.35 Å². The van der Waals surface area contributed by atoms with Crippen LogP contribution in [-0.2, 0) is 6.54 Å². The fourth-order valence-corrected chi connectivity index (χ4v) is 3.63. The molecule has 1 aromatic rings. The predicted octanol–water partition coefficient (Wildman–Crippen LogP) is 2.01. The molecule has 5 heteroatoms. The Kier molecular flexibility index (Phi) is 4.60. The van der Waals surface area contributed by atoms with Crippen LogP contribution in [0.4, 0.5) is 0 Å². The highest BCUT2D eigenvalue weighted by Crippen LogP contribution is 2.25. The lowest BCUT2D eigenvalue weighted by Gasteiger charge is -2.26. The van der Waals surface area contributed by atoms with Crippen LogP contribution >= 0.6 is 27.3 Å². The first kappa shape index (κ1) is 13.5. The van der Waals surface area contributed by atoms with Crippen molar-refractivity contribution in [2.45, 2.75) is 25.1 Å². The van der Waals surface area contributed by atoms with Gasteiger partial charge in [0.05, 0.1) is 9.89 Å². The van der Waals surface area contributed by atoms with Crippen molar-refractivity contribution in [2.75, 3.05) is 27.2 Å². The number of β-amino-alcohol motifs (C(OH)–C–C–N with tert-alkyl or cyclic N) is 1. The minimum atomic E-state index is -0.165. The maximum absolute atomic E-state index is 9.80. The van der Waals surface area contributed by atoms with Crippen molar-refractivity contribution in [1.29, 1.82) is 0 Å². The van der Waals surface area contributed by atoms with E-state index >= 15 is 0 Å². The second kappa shape index (κ2) is 5.80. The molecule has 0 amide bonds. The Morgan fingerprint density at radius 3 is 2.94 bits per heavy atom. The van der Waals surface area contributed by atoms with Crippen molar-refractivity contribution in [1.82, 2.24) is 9.80 Å². The van der Waals surface area contributed by atoms with Crippen LogP contribution in [0.1, 0.15) is 12.0 Å². The molecule has 2 atom stereocenters. The summed E-state index contributed by atoms with van der Waals surface area (Å²) in [6, 6.07) is 2.64. The molecule has 17 heavy (non-hydrogen) atoms. The van der Waals surface area contributed by atoms with E-state index in [0.717, 1.165) is 26.1 Å². The van der Waals surface area contributed by atoms with E-state index < -0.39 is 0 Å². The van der Waals surface area contributed by atoms with E-state index in [1.807, 2.05) is 0 Å². The number of thiophene rings is 1. The van der Waals surface area contributed by atoms with Gasteiger partial charge in [-0.05, 0) is 53.5 Å². The maximum atomic E-state index is 9.80. The molecule has 0 radical (unpaired) electrons. The van der Waals surface area contributed by atoms with Crippen LogP contribution in [0.5, 0.6) is 0 Å². The SMILES string of the molecule is CN(C)CC1CC(O)CN1Cc1csc(Br)c1. The molecule has 1 aromatic heterocycles. The summed E-state index contributed by atoms with van der Waals surface area (Å²) in [5, 5.41) is 12.0. The van der Waals surface area contributed by atoms with Gasteiger partial charge in [-0.15, -0.1) is 11.3 Å². The van der Waals surface area contributed by atoms with Crippen molar-refractivity contribution >= 4 is 27.3 Å². The number of rotatable bonds is 4. The molecule has 1 N–H and O–H groups in total. The topological polar surface area (TPSA) is 26.7 Å². The lowest BCUT2D eigenvalue weighted by Crippen LogP contribution is -2.37. The third-order valence-electron chi connectivity index (χ3n) is 3.09. The largest absolute Gasteiger partial charge is 0.392 e. The molecule has 0 spiro atoms. The first-order chi connectivity index (χ1) is 8.04. The fourth-order valence-electron chi connectivity index (χ4n) is 2.43. The highest BCUT2D eigenvalue weighted by atomic mass is 79.9. The van der Waals surface area contributed by atoms with E-state index in [2.05, 4.69) is 51.3 Å². The highest BCUT2D eigenvalue weighted by molar-refractivity contribution is 9.11. The summed E-state index contributed by atoms with van der Waals surface area (Å²) >= 11 is 5.21. The Morgan fingerprint density at radius 1 is 1.59 bits per heavy atom. The molecule has 0 saturated carbocycles. The Morgan fingerprint density at radius 2 is 2.35 bits per heavy atom. The van der Waals surface area contributed by atoms with Crippen LogP contribution in [0.15, 0.2) is 15.2 Å². The van der Waals surface area contributed by atoms with Crippen LogP contribution in [0, 0.1) is 0 Å². The average molecular weight is 319 g/mol. The summed E-state index contributed by atoms with van der Waals surface area (Å²) in [5.74, 6) is 0. The molecule has 3 nitrogen and oxygen atoms in total. The summed E-state index contributed by atoms with van der Waals surface area (Å²) < 4.78 is 1.18. The zero-order chi connectivity index (χ0) is 12.4. The summed E-state index contributed by atoms with van der Waals surface area (Å²) in [5.41, 5.74) is 1.33. The number of hydrogen-bond acceptors (Lipinski definition) is 4. The third-order valence-corrected chi connectivity index (χ3v) is 4.64. The standard InChI is InChI=1S/C12H19BrN2OS/c1-14(2)6-10-4-11(16)7-15(10)5-9-3-12(13)17-8-9/h3,8,10-11,16H,4-7H2,1-2H3. The van der Waals surface area contributed by atoms with Gasteiger partial charge in [0.2, 0.25) is 0 Å². The Bertz CT molecular complexity index is 369. The molecule has 0 bridgehead atoms. The zero-order valence-electron chi connectivity index (χ0n) is 10.3. The molecule has 96 valence electrons. The predicted molar refractivity (Wildman–Crippen MR) is 75.4 cm³/mol. The van der Waals surface area contributed by atoms with Gasteiger partial charge in [0.1, 0.15) is 0 Å². The number of nitrogens with zero attached hydrogens (tertiary/aromatic N) is 2. The van der Waals surface area contributed by atoms with Crippen LogP contribution < -0.4 is 0 Å². The number of likely N-dealkylation sites (tertiary alicyclic amines) is 1. The fraction of sp³-hybridized carbons (Fsp3) is 0.667. The number of likely N-dealkylation sites (N-methyl/N-ethyl adjacent to an activating group) is 1. The minimum absolute atomic E-state index is 0.165. The van der Waals surface area contributed by atoms with Gasteiger partial charge in [0, 0.05) is 25.7 Å². The number of hydrogen-bond donors (Lipinski definition) is 1. The number of aliphatic hydroxyl groups excluding tert-OH is 1. The second-order valence-electron chi connectivity index (χ2n) is 4.99. The Hall–Kier alpha value is 0.0600. The number of halogens is 1. The van der Waals surface area contributed by atoms with E-state index in [0.29, 0.717) is 6.04 Å². The van der Waals surface area contributed by atoms with Crippen LogP contribution in [0.3, 0.4) is 0 Å². The average Bonchev–Trinajstić information content (AvgIpc) is 2.74. The normalized spacial score (nSPS) is 25.9. The van der Waals surface area contributed by atoms with Crippen molar-refractivity contribution in [3.63, 3.8) is 0 Å². The van der Waals surface area contributed by atoms with E-state index in [1.54, 1.807) is 11.3 Å². The van der Waals surface area contributed by atoms with E-state index in [9.17, 15) is 5.11 Å². The van der Waals surface area contributed by atoms with Gasteiger partial charge in [-0.2, -0.15) is 0 Å². The summed E-state index contributed by atoms with van der Waals surface area (Å²) in [6.07, 6.45) is 0.728. The summed E-state index contributed by atoms with van der Waals surface area (Å²) in [7, 11) is 4.17. The summed E-state index contributed by atoms with van der Waals surface area (Å²) in [4.78, 5) is 4.58. The Balaban J connectivity index is 1.98. The first-order valence-corrected chi connectivity index (χ1v) is 7.51. The summed E-state index contributed by atoms with van der Waals surface area (Å²) in [6.45, 7) is 2.76. The smallest absolute Gasteiger partial charge is 0.0701 e.